The van der Waals surface area contributed by atoms with Crippen molar-refractivity contribution < 1.29 is 4.39 Å². The maximum absolute atomic E-state index is 13.3. The third-order valence-corrected chi connectivity index (χ3v) is 4.70. The summed E-state index contributed by atoms with van der Waals surface area (Å²) in [5.41, 5.74) is 1.13. The molecule has 2 aliphatic rings. The average Bonchev–Trinajstić information content (AvgIpc) is 3.07. The molecule has 0 amide bonds. The molecule has 2 unspecified atom stereocenters. The fourth-order valence-corrected chi connectivity index (χ4v) is 3.33. The van der Waals surface area contributed by atoms with E-state index in [0.717, 1.165) is 40.9 Å². The molecular weight excluding hydrogens is 293 g/mol. The summed E-state index contributed by atoms with van der Waals surface area (Å²) >= 11 is 3.36. The van der Waals surface area contributed by atoms with Gasteiger partial charge in [0.2, 0.25) is 0 Å². The Bertz CT molecular complexity index is 410. The fourth-order valence-electron chi connectivity index (χ4n) is 2.81. The van der Waals surface area contributed by atoms with Gasteiger partial charge in [-0.2, -0.15) is 0 Å². The van der Waals surface area contributed by atoms with Crippen LogP contribution in [0.1, 0.15) is 31.2 Å². The number of benzene rings is 1. The van der Waals surface area contributed by atoms with Gasteiger partial charge in [0.1, 0.15) is 5.82 Å². The lowest BCUT2D eigenvalue weighted by atomic mass is 9.70. The van der Waals surface area contributed by atoms with E-state index in [9.17, 15) is 4.39 Å². The predicted octanol–water partition coefficient (Wildman–Crippen LogP) is 3.91. The van der Waals surface area contributed by atoms with Crippen molar-refractivity contribution in [3.8, 4) is 0 Å². The zero-order valence-electron chi connectivity index (χ0n) is 10.5. The Kier molecular flexibility index (Phi) is 3.71. The Morgan fingerprint density at radius 2 is 1.89 bits per heavy atom. The minimum atomic E-state index is -0.133. The molecule has 3 rings (SSSR count). The molecule has 2 atom stereocenters. The van der Waals surface area contributed by atoms with Crippen molar-refractivity contribution in [1.82, 2.24) is 5.32 Å². The molecule has 0 spiro atoms. The minimum absolute atomic E-state index is 0.133. The summed E-state index contributed by atoms with van der Waals surface area (Å²) in [6.45, 7) is 1.16. The van der Waals surface area contributed by atoms with Crippen LogP contribution in [0.2, 0.25) is 0 Å². The van der Waals surface area contributed by atoms with E-state index in [1.807, 2.05) is 6.07 Å². The van der Waals surface area contributed by atoms with E-state index >= 15 is 0 Å². The summed E-state index contributed by atoms with van der Waals surface area (Å²) in [6.07, 6.45) is 6.36. The lowest BCUT2D eigenvalue weighted by Gasteiger charge is -2.37. The minimum Gasteiger partial charge on any atom is -0.314 e. The van der Waals surface area contributed by atoms with Crippen molar-refractivity contribution >= 4 is 15.9 Å². The van der Waals surface area contributed by atoms with Crippen LogP contribution < -0.4 is 5.32 Å². The van der Waals surface area contributed by atoms with Crippen molar-refractivity contribution in [1.29, 1.82) is 0 Å². The Morgan fingerprint density at radius 1 is 1.11 bits per heavy atom. The Morgan fingerprint density at radius 3 is 2.50 bits per heavy atom. The predicted molar refractivity (Wildman–Crippen MR) is 75.0 cm³/mol. The lowest BCUT2D eigenvalue weighted by molar-refractivity contribution is 0.170. The molecule has 2 fully saturated rings. The van der Waals surface area contributed by atoms with E-state index in [4.69, 9.17) is 0 Å². The van der Waals surface area contributed by atoms with Crippen molar-refractivity contribution in [3.05, 3.63) is 34.1 Å². The summed E-state index contributed by atoms with van der Waals surface area (Å²) in [7, 11) is 0. The molecule has 0 heterocycles. The number of nitrogens with one attached hydrogen (secondary N) is 1. The first kappa shape index (κ1) is 12.6. The number of hydrogen-bond donors (Lipinski definition) is 1. The Labute approximate surface area is 116 Å². The number of rotatable bonds is 5. The zero-order valence-corrected chi connectivity index (χ0v) is 12.0. The molecule has 1 aromatic rings. The maximum atomic E-state index is 13.3. The number of hydrogen-bond acceptors (Lipinski definition) is 1. The molecular formula is C15H19BrFN. The van der Waals surface area contributed by atoms with Gasteiger partial charge in [-0.15, -0.1) is 0 Å². The molecule has 2 aliphatic carbocycles. The smallest absolute Gasteiger partial charge is 0.124 e. The highest BCUT2D eigenvalue weighted by Crippen LogP contribution is 2.37. The van der Waals surface area contributed by atoms with E-state index in [-0.39, 0.29) is 5.82 Å². The van der Waals surface area contributed by atoms with Gasteiger partial charge in [0.05, 0.1) is 0 Å². The van der Waals surface area contributed by atoms with Crippen LogP contribution in [0.15, 0.2) is 22.7 Å². The van der Waals surface area contributed by atoms with Gasteiger partial charge in [-0.3, -0.25) is 0 Å². The second-order valence-electron chi connectivity index (χ2n) is 5.76. The SMILES string of the molecule is Fc1cc(Br)cc(CC2CCC2CNC2CC2)c1. The molecule has 1 nitrogen and oxygen atoms in total. The normalized spacial score (nSPS) is 27.0. The highest BCUT2D eigenvalue weighted by Gasteiger charge is 2.32. The first-order valence-corrected chi connectivity index (χ1v) is 7.68. The second-order valence-corrected chi connectivity index (χ2v) is 6.68. The van der Waals surface area contributed by atoms with Gasteiger partial charge < -0.3 is 5.32 Å². The largest absolute Gasteiger partial charge is 0.314 e. The molecule has 0 aromatic heterocycles. The van der Waals surface area contributed by atoms with Crippen LogP contribution in [0.5, 0.6) is 0 Å². The summed E-state index contributed by atoms with van der Waals surface area (Å²) in [5, 5.41) is 3.61. The monoisotopic (exact) mass is 311 g/mol. The standard InChI is InChI=1S/C15H19BrFN/c16-13-6-10(7-14(17)8-13)5-11-1-2-12(11)9-18-15-3-4-15/h6-8,11-12,15,18H,1-5,9H2. The first-order valence-electron chi connectivity index (χ1n) is 6.89. The van der Waals surface area contributed by atoms with Crippen LogP contribution in [-0.4, -0.2) is 12.6 Å². The number of halogens is 2. The Balaban J connectivity index is 1.54. The lowest BCUT2D eigenvalue weighted by Crippen LogP contribution is -2.37. The molecule has 1 aromatic carbocycles. The fraction of sp³-hybridized carbons (Fsp3) is 0.600. The average molecular weight is 312 g/mol. The summed E-state index contributed by atoms with van der Waals surface area (Å²) in [6, 6.07) is 6.05. The van der Waals surface area contributed by atoms with Gasteiger partial charge in [0, 0.05) is 10.5 Å². The van der Waals surface area contributed by atoms with E-state index in [1.165, 1.54) is 31.7 Å². The van der Waals surface area contributed by atoms with Crippen molar-refractivity contribution in [2.75, 3.05) is 6.54 Å². The highest BCUT2D eigenvalue weighted by atomic mass is 79.9. The van der Waals surface area contributed by atoms with Crippen LogP contribution in [0, 0.1) is 17.7 Å². The topological polar surface area (TPSA) is 12.0 Å². The van der Waals surface area contributed by atoms with E-state index in [0.29, 0.717) is 0 Å². The summed E-state index contributed by atoms with van der Waals surface area (Å²) in [4.78, 5) is 0. The van der Waals surface area contributed by atoms with Gasteiger partial charge in [0.25, 0.3) is 0 Å². The van der Waals surface area contributed by atoms with E-state index < -0.39 is 0 Å². The summed E-state index contributed by atoms with van der Waals surface area (Å²) < 4.78 is 14.2. The first-order chi connectivity index (χ1) is 8.70. The van der Waals surface area contributed by atoms with Gasteiger partial charge in [-0.1, -0.05) is 15.9 Å². The van der Waals surface area contributed by atoms with Crippen LogP contribution >= 0.6 is 15.9 Å². The molecule has 2 saturated carbocycles. The van der Waals surface area contributed by atoms with Crippen LogP contribution in [-0.2, 0) is 6.42 Å². The highest BCUT2D eigenvalue weighted by molar-refractivity contribution is 9.10. The van der Waals surface area contributed by atoms with E-state index in [2.05, 4.69) is 21.2 Å². The van der Waals surface area contributed by atoms with Gasteiger partial charge in [-0.05, 0) is 74.2 Å². The summed E-state index contributed by atoms with van der Waals surface area (Å²) in [5.74, 6) is 1.41. The third kappa shape index (κ3) is 3.12. The van der Waals surface area contributed by atoms with E-state index in [1.54, 1.807) is 6.07 Å². The van der Waals surface area contributed by atoms with Crippen LogP contribution in [0.4, 0.5) is 4.39 Å². The third-order valence-electron chi connectivity index (χ3n) is 4.24. The second kappa shape index (κ2) is 5.30. The molecule has 98 valence electrons. The van der Waals surface area contributed by atoms with Crippen molar-refractivity contribution in [2.24, 2.45) is 11.8 Å². The molecule has 0 radical (unpaired) electrons. The molecule has 0 bridgehead atoms. The van der Waals surface area contributed by atoms with Gasteiger partial charge >= 0.3 is 0 Å². The van der Waals surface area contributed by atoms with Gasteiger partial charge in [0.15, 0.2) is 0 Å². The molecule has 18 heavy (non-hydrogen) atoms. The van der Waals surface area contributed by atoms with Crippen molar-refractivity contribution in [3.63, 3.8) is 0 Å². The molecule has 3 heteroatoms. The van der Waals surface area contributed by atoms with Gasteiger partial charge in [-0.25, -0.2) is 4.39 Å². The zero-order chi connectivity index (χ0) is 12.5. The molecule has 0 aliphatic heterocycles. The molecule has 1 N–H and O–H groups in total. The van der Waals surface area contributed by atoms with Crippen molar-refractivity contribution in [2.45, 2.75) is 38.1 Å². The maximum Gasteiger partial charge on any atom is 0.124 e. The molecule has 0 saturated heterocycles. The quantitative estimate of drug-likeness (QED) is 0.869. The van der Waals surface area contributed by atoms with Crippen LogP contribution in [0.25, 0.3) is 0 Å². The Hall–Kier alpha value is -0.410. The van der Waals surface area contributed by atoms with Crippen LogP contribution in [0.3, 0.4) is 0 Å².